The van der Waals surface area contributed by atoms with Crippen LogP contribution in [0.1, 0.15) is 35.2 Å². The molecule has 1 aromatic heterocycles. The van der Waals surface area contributed by atoms with Crippen LogP contribution in [-0.4, -0.2) is 29.5 Å². The third-order valence-corrected chi connectivity index (χ3v) is 4.04. The topological polar surface area (TPSA) is 131 Å². The van der Waals surface area contributed by atoms with E-state index in [2.05, 4.69) is 20.5 Å². The number of sulfonamides is 1. The maximum atomic E-state index is 12.0. The Morgan fingerprint density at radius 3 is 2.52 bits per heavy atom. The Morgan fingerprint density at radius 1 is 1.29 bits per heavy atom. The molecule has 1 aliphatic carbocycles. The maximum Gasteiger partial charge on any atom is 0.295 e. The van der Waals surface area contributed by atoms with E-state index in [1.807, 2.05) is 0 Å². The van der Waals surface area contributed by atoms with Crippen molar-refractivity contribution in [3.63, 3.8) is 0 Å². The molecule has 1 saturated carbocycles. The highest BCUT2D eigenvalue weighted by Crippen LogP contribution is 2.37. The number of aromatic nitrogens is 3. The van der Waals surface area contributed by atoms with Crippen LogP contribution in [0.15, 0.2) is 29.2 Å². The Bertz CT molecular complexity index is 777. The van der Waals surface area contributed by atoms with Gasteiger partial charge in [-0.3, -0.25) is 9.89 Å². The molecule has 1 aromatic carbocycles. The zero-order chi connectivity index (χ0) is 15.0. The number of benzene rings is 1. The van der Waals surface area contributed by atoms with E-state index in [9.17, 15) is 13.2 Å². The van der Waals surface area contributed by atoms with Crippen molar-refractivity contribution in [1.82, 2.24) is 15.2 Å². The minimum atomic E-state index is -3.74. The highest BCUT2D eigenvalue weighted by Gasteiger charge is 2.28. The van der Waals surface area contributed by atoms with Crippen LogP contribution in [0.4, 0.5) is 5.69 Å². The van der Waals surface area contributed by atoms with E-state index >= 15 is 0 Å². The standard InChI is InChI=1S/C12H13N5O3S/c13-21(19,20)9-5-3-8(4-6-9)14-12(18)11-15-10(16-17-11)7-1-2-7/h3-7H,1-2H2,(H,14,18)(H2,13,19,20)(H,15,16,17). The molecule has 0 atom stereocenters. The van der Waals surface area contributed by atoms with E-state index in [0.717, 1.165) is 18.7 Å². The van der Waals surface area contributed by atoms with Gasteiger partial charge in [0.15, 0.2) is 0 Å². The third kappa shape index (κ3) is 3.09. The van der Waals surface area contributed by atoms with Gasteiger partial charge in [-0.05, 0) is 37.1 Å². The van der Waals surface area contributed by atoms with Gasteiger partial charge in [-0.1, -0.05) is 0 Å². The smallest absolute Gasteiger partial charge is 0.295 e. The summed E-state index contributed by atoms with van der Waals surface area (Å²) in [4.78, 5) is 16.1. The minimum Gasteiger partial charge on any atom is -0.319 e. The monoisotopic (exact) mass is 307 g/mol. The van der Waals surface area contributed by atoms with Crippen molar-refractivity contribution in [3.05, 3.63) is 35.9 Å². The van der Waals surface area contributed by atoms with Crippen molar-refractivity contribution in [1.29, 1.82) is 0 Å². The lowest BCUT2D eigenvalue weighted by molar-refractivity contribution is 0.101. The first-order valence-electron chi connectivity index (χ1n) is 6.30. The molecule has 4 N–H and O–H groups in total. The SMILES string of the molecule is NS(=O)(=O)c1ccc(NC(=O)c2n[nH]c(C3CC3)n2)cc1. The molecule has 0 saturated heterocycles. The summed E-state index contributed by atoms with van der Waals surface area (Å²) in [5.74, 6) is 0.715. The van der Waals surface area contributed by atoms with Gasteiger partial charge < -0.3 is 5.32 Å². The Labute approximate surface area is 120 Å². The van der Waals surface area contributed by atoms with Crippen molar-refractivity contribution in [2.45, 2.75) is 23.7 Å². The molecule has 0 aliphatic heterocycles. The number of carbonyl (C=O) groups excluding carboxylic acids is 1. The number of nitrogens with zero attached hydrogens (tertiary/aromatic N) is 2. The number of aromatic amines is 1. The van der Waals surface area contributed by atoms with Crippen molar-refractivity contribution in [3.8, 4) is 0 Å². The molecule has 110 valence electrons. The van der Waals surface area contributed by atoms with Gasteiger partial charge in [0.2, 0.25) is 15.8 Å². The fraction of sp³-hybridized carbons (Fsp3) is 0.250. The van der Waals surface area contributed by atoms with E-state index < -0.39 is 15.9 Å². The largest absolute Gasteiger partial charge is 0.319 e. The number of nitrogens with one attached hydrogen (secondary N) is 2. The van der Waals surface area contributed by atoms with Gasteiger partial charge in [0, 0.05) is 11.6 Å². The molecule has 3 rings (SSSR count). The first-order valence-corrected chi connectivity index (χ1v) is 7.84. The van der Waals surface area contributed by atoms with E-state index in [-0.39, 0.29) is 10.7 Å². The molecule has 0 spiro atoms. The van der Waals surface area contributed by atoms with Crippen molar-refractivity contribution < 1.29 is 13.2 Å². The zero-order valence-corrected chi connectivity index (χ0v) is 11.7. The molecule has 0 bridgehead atoms. The number of carbonyl (C=O) groups is 1. The first-order chi connectivity index (χ1) is 9.93. The fourth-order valence-corrected chi connectivity index (χ4v) is 2.35. The summed E-state index contributed by atoms with van der Waals surface area (Å²) in [7, 11) is -3.74. The summed E-state index contributed by atoms with van der Waals surface area (Å²) in [6.07, 6.45) is 2.12. The average Bonchev–Trinajstić information content (AvgIpc) is 3.16. The lowest BCUT2D eigenvalue weighted by atomic mass is 10.3. The lowest BCUT2D eigenvalue weighted by Crippen LogP contribution is -2.15. The Balaban J connectivity index is 1.71. The molecular formula is C12H13N5O3S. The second-order valence-corrected chi connectivity index (χ2v) is 6.40. The molecule has 21 heavy (non-hydrogen) atoms. The number of anilines is 1. The van der Waals surface area contributed by atoms with E-state index in [1.165, 1.54) is 24.3 Å². The third-order valence-electron chi connectivity index (χ3n) is 3.11. The van der Waals surface area contributed by atoms with Crippen LogP contribution < -0.4 is 10.5 Å². The summed E-state index contributed by atoms with van der Waals surface area (Å²) >= 11 is 0. The van der Waals surface area contributed by atoms with Crippen LogP contribution in [0.25, 0.3) is 0 Å². The quantitative estimate of drug-likeness (QED) is 0.760. The van der Waals surface area contributed by atoms with E-state index in [4.69, 9.17) is 5.14 Å². The molecule has 1 aliphatic rings. The predicted octanol–water partition coefficient (Wildman–Crippen LogP) is 0.582. The van der Waals surface area contributed by atoms with Gasteiger partial charge in [-0.2, -0.15) is 0 Å². The van der Waals surface area contributed by atoms with E-state index in [1.54, 1.807) is 0 Å². The van der Waals surface area contributed by atoms with Crippen molar-refractivity contribution in [2.75, 3.05) is 5.32 Å². The highest BCUT2D eigenvalue weighted by atomic mass is 32.2. The van der Waals surface area contributed by atoms with Crippen LogP contribution in [0.2, 0.25) is 0 Å². The van der Waals surface area contributed by atoms with Gasteiger partial charge in [-0.15, -0.1) is 5.10 Å². The molecule has 2 aromatic rings. The molecule has 8 nitrogen and oxygen atoms in total. The van der Waals surface area contributed by atoms with Gasteiger partial charge >= 0.3 is 0 Å². The van der Waals surface area contributed by atoms with Crippen LogP contribution in [0, 0.1) is 0 Å². The molecule has 1 fully saturated rings. The molecule has 0 radical (unpaired) electrons. The number of rotatable bonds is 4. The fourth-order valence-electron chi connectivity index (χ4n) is 1.83. The minimum absolute atomic E-state index is 0.0191. The van der Waals surface area contributed by atoms with Gasteiger partial charge in [-0.25, -0.2) is 18.5 Å². The summed E-state index contributed by atoms with van der Waals surface area (Å²) in [5, 5.41) is 14.2. The maximum absolute atomic E-state index is 12.0. The Morgan fingerprint density at radius 2 is 1.95 bits per heavy atom. The van der Waals surface area contributed by atoms with Crippen LogP contribution >= 0.6 is 0 Å². The number of primary sulfonamides is 1. The molecule has 1 amide bonds. The van der Waals surface area contributed by atoms with Crippen LogP contribution in [0.5, 0.6) is 0 Å². The van der Waals surface area contributed by atoms with Crippen molar-refractivity contribution in [2.24, 2.45) is 5.14 Å². The number of hydrogen-bond acceptors (Lipinski definition) is 5. The van der Waals surface area contributed by atoms with Gasteiger partial charge in [0.05, 0.1) is 4.90 Å². The lowest BCUT2D eigenvalue weighted by Gasteiger charge is -2.03. The highest BCUT2D eigenvalue weighted by molar-refractivity contribution is 7.89. The zero-order valence-electron chi connectivity index (χ0n) is 10.9. The second kappa shape index (κ2) is 4.93. The van der Waals surface area contributed by atoms with Crippen LogP contribution in [0.3, 0.4) is 0 Å². The predicted molar refractivity (Wildman–Crippen MR) is 74.1 cm³/mol. The number of hydrogen-bond donors (Lipinski definition) is 3. The number of nitrogens with two attached hydrogens (primary N) is 1. The first kappa shape index (κ1) is 13.7. The normalized spacial score (nSPS) is 14.9. The van der Waals surface area contributed by atoms with Gasteiger partial charge in [0.25, 0.3) is 5.91 Å². The number of H-pyrrole nitrogens is 1. The molecule has 9 heteroatoms. The molecule has 1 heterocycles. The Kier molecular flexibility index (Phi) is 3.22. The van der Waals surface area contributed by atoms with Crippen molar-refractivity contribution >= 4 is 21.6 Å². The number of amides is 1. The summed E-state index contributed by atoms with van der Waals surface area (Å²) in [6.45, 7) is 0. The van der Waals surface area contributed by atoms with E-state index in [0.29, 0.717) is 11.6 Å². The average molecular weight is 307 g/mol. The van der Waals surface area contributed by atoms with Crippen LogP contribution in [-0.2, 0) is 10.0 Å². The summed E-state index contributed by atoms with van der Waals surface area (Å²) in [5.41, 5.74) is 0.435. The molecular weight excluding hydrogens is 294 g/mol. The summed E-state index contributed by atoms with van der Waals surface area (Å²) < 4.78 is 22.3. The second-order valence-electron chi connectivity index (χ2n) is 4.84. The Hall–Kier alpha value is -2.26. The molecule has 0 unspecified atom stereocenters. The van der Waals surface area contributed by atoms with Gasteiger partial charge in [0.1, 0.15) is 5.82 Å². The summed E-state index contributed by atoms with van der Waals surface area (Å²) in [6, 6.07) is 5.54.